The standard InChI is InChI=1S/C9H12.C3H8.C3H6.C2H6O.2C2H6/c1-2-6-9-7-4-3-5-8-9;3*1-3-2;2*1-2/h3-5,7-8H,2,6H2,1H3;3H2,1-2H3;3H,1H2,2H3;1-2H3;2*1-2H3. The van der Waals surface area contributed by atoms with Crippen LogP contribution in [0.5, 0.6) is 0 Å². The van der Waals surface area contributed by atoms with Gasteiger partial charge < -0.3 is 4.74 Å². The van der Waals surface area contributed by atoms with E-state index in [1.807, 2.05) is 34.6 Å². The number of allylic oxidation sites excluding steroid dienone is 1. The SMILES string of the molecule is C=CC.CC.CC.CCC.CCCc1ccccc1.COC. The first-order valence-corrected chi connectivity index (χ1v) is 8.69. The van der Waals surface area contributed by atoms with Gasteiger partial charge in [0.2, 0.25) is 0 Å². The largest absolute Gasteiger partial charge is 0.388 e. The highest BCUT2D eigenvalue weighted by Crippen LogP contribution is 2.00. The molecule has 1 heteroatoms. The van der Waals surface area contributed by atoms with Crippen LogP contribution in [0.25, 0.3) is 0 Å². The third-order valence-electron chi connectivity index (χ3n) is 1.38. The van der Waals surface area contributed by atoms with Crippen LogP contribution in [0.15, 0.2) is 43.0 Å². The maximum Gasteiger partial charge on any atom is 0.0351 e. The zero-order valence-electron chi connectivity index (χ0n) is 17.2. The molecule has 0 bridgehead atoms. The quantitative estimate of drug-likeness (QED) is 0.512. The number of benzene rings is 1. The van der Waals surface area contributed by atoms with Crippen molar-refractivity contribution in [3.8, 4) is 0 Å². The van der Waals surface area contributed by atoms with Crippen LogP contribution in [0.2, 0.25) is 0 Å². The highest BCUT2D eigenvalue weighted by Gasteiger charge is 1.84. The Bertz CT molecular complexity index is 215. The predicted molar refractivity (Wildman–Crippen MR) is 108 cm³/mol. The van der Waals surface area contributed by atoms with Crippen molar-refractivity contribution in [2.24, 2.45) is 0 Å². The predicted octanol–water partition coefficient (Wildman–Crippen LogP) is 7.56. The number of hydrogen-bond donors (Lipinski definition) is 0. The van der Waals surface area contributed by atoms with Gasteiger partial charge in [-0.25, -0.2) is 0 Å². The highest BCUT2D eigenvalue weighted by molar-refractivity contribution is 5.14. The van der Waals surface area contributed by atoms with E-state index in [0.717, 1.165) is 0 Å². The minimum Gasteiger partial charge on any atom is -0.388 e. The van der Waals surface area contributed by atoms with E-state index in [-0.39, 0.29) is 0 Å². The van der Waals surface area contributed by atoms with Crippen molar-refractivity contribution in [3.05, 3.63) is 48.6 Å². The van der Waals surface area contributed by atoms with Crippen molar-refractivity contribution >= 4 is 0 Å². The second-order valence-electron chi connectivity index (χ2n) is 3.76. The third kappa shape index (κ3) is 61.7. The Morgan fingerprint density at radius 3 is 1.41 bits per heavy atom. The summed E-state index contributed by atoms with van der Waals surface area (Å²) in [6.45, 7) is 19.7. The fraction of sp³-hybridized carbons (Fsp3) is 0.619. The smallest absolute Gasteiger partial charge is 0.0351 e. The van der Waals surface area contributed by atoms with Crippen molar-refractivity contribution in [1.29, 1.82) is 0 Å². The summed E-state index contributed by atoms with van der Waals surface area (Å²) in [5, 5.41) is 0. The van der Waals surface area contributed by atoms with Gasteiger partial charge in [0.1, 0.15) is 0 Å². The summed E-state index contributed by atoms with van der Waals surface area (Å²) in [6.07, 6.45) is 5.45. The number of rotatable bonds is 2. The van der Waals surface area contributed by atoms with Gasteiger partial charge in [-0.2, -0.15) is 0 Å². The highest BCUT2D eigenvalue weighted by atomic mass is 16.4. The van der Waals surface area contributed by atoms with Crippen molar-refractivity contribution in [2.75, 3.05) is 14.2 Å². The molecule has 0 amide bonds. The molecular formula is C21H44O. The topological polar surface area (TPSA) is 9.23 Å². The van der Waals surface area contributed by atoms with Crippen LogP contribution < -0.4 is 0 Å². The lowest BCUT2D eigenvalue weighted by Gasteiger charge is -1.93. The first kappa shape index (κ1) is 32.8. The molecule has 0 atom stereocenters. The zero-order chi connectivity index (χ0) is 18.6. The van der Waals surface area contributed by atoms with Gasteiger partial charge in [-0.15, -0.1) is 6.58 Å². The normalized spacial score (nSPS) is 6.64. The molecule has 1 rings (SSSR count). The minimum absolute atomic E-state index is 1.21. The Morgan fingerprint density at radius 2 is 1.18 bits per heavy atom. The van der Waals surface area contributed by atoms with Gasteiger partial charge in [0.05, 0.1) is 0 Å². The van der Waals surface area contributed by atoms with Crippen LogP contribution in [0.4, 0.5) is 0 Å². The number of ether oxygens (including phenoxy) is 1. The molecule has 0 aromatic heterocycles. The third-order valence-corrected chi connectivity index (χ3v) is 1.38. The van der Waals surface area contributed by atoms with Gasteiger partial charge >= 0.3 is 0 Å². The Kier molecular flexibility index (Phi) is 74.7. The van der Waals surface area contributed by atoms with E-state index in [4.69, 9.17) is 0 Å². The van der Waals surface area contributed by atoms with Crippen molar-refractivity contribution in [2.45, 2.75) is 74.7 Å². The monoisotopic (exact) mass is 312 g/mol. The second kappa shape index (κ2) is 50.2. The summed E-state index contributed by atoms with van der Waals surface area (Å²) in [4.78, 5) is 0. The Morgan fingerprint density at radius 1 is 0.909 bits per heavy atom. The fourth-order valence-corrected chi connectivity index (χ4v) is 0.933. The molecule has 0 unspecified atom stereocenters. The molecule has 1 aromatic rings. The lowest BCUT2D eigenvalue weighted by molar-refractivity contribution is 0.277. The van der Waals surface area contributed by atoms with Crippen molar-refractivity contribution in [3.63, 3.8) is 0 Å². The van der Waals surface area contributed by atoms with Gasteiger partial charge in [-0.3, -0.25) is 0 Å². The summed E-state index contributed by atoms with van der Waals surface area (Å²) >= 11 is 0. The molecule has 0 N–H and O–H groups in total. The minimum atomic E-state index is 1.21. The van der Waals surface area contributed by atoms with Gasteiger partial charge in [-0.1, -0.05) is 97.7 Å². The van der Waals surface area contributed by atoms with Crippen LogP contribution in [-0.2, 0) is 11.2 Å². The molecule has 1 nitrogen and oxygen atoms in total. The second-order valence-corrected chi connectivity index (χ2v) is 3.76. The molecule has 0 fully saturated rings. The Hall–Kier alpha value is -1.08. The van der Waals surface area contributed by atoms with E-state index in [9.17, 15) is 0 Å². The van der Waals surface area contributed by atoms with E-state index < -0.39 is 0 Å². The molecule has 134 valence electrons. The Balaban J connectivity index is -0.0000000628. The zero-order valence-corrected chi connectivity index (χ0v) is 17.2. The number of hydrogen-bond acceptors (Lipinski definition) is 1. The first-order valence-electron chi connectivity index (χ1n) is 8.69. The summed E-state index contributed by atoms with van der Waals surface area (Å²) in [5.41, 5.74) is 1.44. The molecule has 0 spiro atoms. The van der Waals surface area contributed by atoms with E-state index >= 15 is 0 Å². The molecule has 0 saturated carbocycles. The van der Waals surface area contributed by atoms with Crippen LogP contribution in [0, 0.1) is 0 Å². The molecule has 0 aliphatic heterocycles. The fourth-order valence-electron chi connectivity index (χ4n) is 0.933. The summed E-state index contributed by atoms with van der Waals surface area (Å²) < 4.78 is 4.25. The van der Waals surface area contributed by atoms with E-state index in [0.29, 0.717) is 0 Å². The first-order chi connectivity index (χ1) is 10.7. The summed E-state index contributed by atoms with van der Waals surface area (Å²) in [5.74, 6) is 0. The Labute approximate surface area is 142 Å². The molecule has 0 saturated heterocycles. The van der Waals surface area contributed by atoms with Gasteiger partial charge in [-0.05, 0) is 18.9 Å². The molecule has 0 aliphatic carbocycles. The van der Waals surface area contributed by atoms with E-state index in [1.165, 1.54) is 24.8 Å². The van der Waals surface area contributed by atoms with E-state index in [1.54, 1.807) is 20.3 Å². The van der Waals surface area contributed by atoms with Gasteiger partial charge in [0.25, 0.3) is 0 Å². The molecular weight excluding hydrogens is 268 g/mol. The summed E-state index contributed by atoms with van der Waals surface area (Å²) in [6, 6.07) is 10.6. The van der Waals surface area contributed by atoms with Crippen LogP contribution in [0.3, 0.4) is 0 Å². The lowest BCUT2D eigenvalue weighted by Crippen LogP contribution is -1.78. The van der Waals surface area contributed by atoms with Crippen LogP contribution in [-0.4, -0.2) is 14.2 Å². The average Bonchev–Trinajstić information content (AvgIpc) is 2.55. The van der Waals surface area contributed by atoms with Gasteiger partial charge in [0.15, 0.2) is 0 Å². The van der Waals surface area contributed by atoms with Crippen LogP contribution in [0.1, 0.15) is 73.8 Å². The molecule has 1 aromatic carbocycles. The molecule has 0 heterocycles. The number of aryl methyl sites for hydroxylation is 1. The lowest BCUT2D eigenvalue weighted by atomic mass is 10.1. The summed E-state index contributed by atoms with van der Waals surface area (Å²) in [7, 11) is 3.25. The molecule has 0 aliphatic rings. The maximum absolute atomic E-state index is 4.25. The maximum atomic E-state index is 4.25. The van der Waals surface area contributed by atoms with Crippen molar-refractivity contribution in [1.82, 2.24) is 0 Å². The average molecular weight is 313 g/mol. The van der Waals surface area contributed by atoms with Crippen molar-refractivity contribution < 1.29 is 4.74 Å². The van der Waals surface area contributed by atoms with Crippen LogP contribution >= 0.6 is 0 Å². The number of methoxy groups -OCH3 is 1. The molecule has 0 radical (unpaired) electrons. The van der Waals surface area contributed by atoms with Gasteiger partial charge in [0, 0.05) is 14.2 Å². The molecule has 22 heavy (non-hydrogen) atoms. The van der Waals surface area contributed by atoms with E-state index in [2.05, 4.69) is 62.4 Å².